The van der Waals surface area contributed by atoms with Crippen molar-refractivity contribution in [3.63, 3.8) is 0 Å². The number of hydrogen-bond donors (Lipinski definition) is 1. The van der Waals surface area contributed by atoms with Gasteiger partial charge in [0.25, 0.3) is 0 Å². The molecule has 0 radical (unpaired) electrons. The van der Waals surface area contributed by atoms with Crippen LogP contribution in [0.15, 0.2) is 30.3 Å². The van der Waals surface area contributed by atoms with Crippen molar-refractivity contribution in [3.05, 3.63) is 35.9 Å². The smallest absolute Gasteiger partial charge is 0.00171 e. The Morgan fingerprint density at radius 1 is 0.895 bits per heavy atom. The van der Waals surface area contributed by atoms with Crippen LogP contribution in [0.2, 0.25) is 0 Å². The standard InChI is InChI=1S/C18H31N/c1-3-4-5-6-7-8-10-15-18(16-19-2)17-13-11-9-12-14-17/h9,11-14,18-19H,3-8,10,15-16H2,1-2H3. The van der Waals surface area contributed by atoms with Crippen LogP contribution in [0, 0.1) is 0 Å². The zero-order valence-corrected chi connectivity index (χ0v) is 12.8. The number of nitrogens with one attached hydrogen (secondary N) is 1. The number of unbranched alkanes of at least 4 members (excludes halogenated alkanes) is 6. The van der Waals surface area contributed by atoms with Crippen LogP contribution in [-0.2, 0) is 0 Å². The fraction of sp³-hybridized carbons (Fsp3) is 0.667. The summed E-state index contributed by atoms with van der Waals surface area (Å²) in [5.41, 5.74) is 1.49. The molecule has 0 saturated heterocycles. The summed E-state index contributed by atoms with van der Waals surface area (Å²) in [7, 11) is 2.06. The van der Waals surface area contributed by atoms with Gasteiger partial charge in [0.05, 0.1) is 0 Å². The van der Waals surface area contributed by atoms with Gasteiger partial charge in [0.15, 0.2) is 0 Å². The Balaban J connectivity index is 2.20. The minimum Gasteiger partial charge on any atom is -0.319 e. The second-order valence-corrected chi connectivity index (χ2v) is 5.58. The van der Waals surface area contributed by atoms with Crippen LogP contribution >= 0.6 is 0 Å². The Kier molecular flexibility index (Phi) is 9.44. The van der Waals surface area contributed by atoms with Crippen molar-refractivity contribution in [1.82, 2.24) is 5.32 Å². The first kappa shape index (κ1) is 16.2. The highest BCUT2D eigenvalue weighted by Crippen LogP contribution is 2.22. The van der Waals surface area contributed by atoms with Crippen molar-refractivity contribution in [2.24, 2.45) is 0 Å². The van der Waals surface area contributed by atoms with E-state index in [1.807, 2.05) is 0 Å². The highest BCUT2D eigenvalue weighted by molar-refractivity contribution is 5.19. The van der Waals surface area contributed by atoms with Crippen LogP contribution in [0.1, 0.15) is 69.8 Å². The maximum atomic E-state index is 3.34. The average molecular weight is 261 g/mol. The van der Waals surface area contributed by atoms with Crippen molar-refractivity contribution < 1.29 is 0 Å². The summed E-state index contributed by atoms with van der Waals surface area (Å²) in [5.74, 6) is 0.682. The molecule has 0 fully saturated rings. The van der Waals surface area contributed by atoms with Gasteiger partial charge in [0, 0.05) is 6.54 Å². The van der Waals surface area contributed by atoms with Gasteiger partial charge < -0.3 is 5.32 Å². The van der Waals surface area contributed by atoms with Crippen LogP contribution in [0.25, 0.3) is 0 Å². The maximum absolute atomic E-state index is 3.34. The molecule has 1 atom stereocenters. The molecule has 0 heterocycles. The summed E-state index contributed by atoms with van der Waals surface area (Å²) in [4.78, 5) is 0. The Labute approximate surface area is 119 Å². The third-order valence-electron chi connectivity index (χ3n) is 3.88. The molecule has 0 aliphatic heterocycles. The Bertz CT molecular complexity index is 294. The second kappa shape index (κ2) is 11.0. The van der Waals surface area contributed by atoms with E-state index in [9.17, 15) is 0 Å². The Morgan fingerprint density at radius 2 is 1.53 bits per heavy atom. The molecule has 1 heteroatoms. The molecule has 0 aromatic heterocycles. The number of rotatable bonds is 11. The first-order valence-electron chi connectivity index (χ1n) is 8.08. The fourth-order valence-corrected chi connectivity index (χ4v) is 2.71. The molecule has 0 bridgehead atoms. The van der Waals surface area contributed by atoms with Crippen LogP contribution in [-0.4, -0.2) is 13.6 Å². The molecule has 0 amide bonds. The molecule has 0 aliphatic carbocycles. The molecule has 0 aliphatic rings. The van der Waals surface area contributed by atoms with Crippen molar-refractivity contribution in [2.45, 2.75) is 64.2 Å². The van der Waals surface area contributed by atoms with Gasteiger partial charge in [0.2, 0.25) is 0 Å². The molecule has 1 N–H and O–H groups in total. The topological polar surface area (TPSA) is 12.0 Å². The van der Waals surface area contributed by atoms with E-state index in [0.717, 1.165) is 6.54 Å². The lowest BCUT2D eigenvalue weighted by Gasteiger charge is -2.17. The van der Waals surface area contributed by atoms with Crippen LogP contribution in [0.3, 0.4) is 0 Å². The molecule has 0 spiro atoms. The summed E-state index contributed by atoms with van der Waals surface area (Å²) in [6.45, 7) is 3.38. The molecule has 0 saturated carbocycles. The van der Waals surface area contributed by atoms with Gasteiger partial charge >= 0.3 is 0 Å². The van der Waals surface area contributed by atoms with Gasteiger partial charge in [-0.15, -0.1) is 0 Å². The van der Waals surface area contributed by atoms with Gasteiger partial charge in [-0.05, 0) is 24.9 Å². The Hall–Kier alpha value is -0.820. The van der Waals surface area contributed by atoms with Crippen molar-refractivity contribution in [1.29, 1.82) is 0 Å². The minimum atomic E-state index is 0.682. The number of likely N-dealkylation sites (N-methyl/N-ethyl adjacent to an activating group) is 1. The molecule has 19 heavy (non-hydrogen) atoms. The normalized spacial score (nSPS) is 12.5. The summed E-state index contributed by atoms with van der Waals surface area (Å²) < 4.78 is 0. The van der Waals surface area contributed by atoms with Crippen LogP contribution in [0.4, 0.5) is 0 Å². The first-order chi connectivity index (χ1) is 9.38. The minimum absolute atomic E-state index is 0.682. The molecule has 1 aromatic rings. The summed E-state index contributed by atoms with van der Waals surface area (Å²) in [6.07, 6.45) is 11.1. The van der Waals surface area contributed by atoms with Crippen molar-refractivity contribution in [2.75, 3.05) is 13.6 Å². The van der Waals surface area contributed by atoms with E-state index in [0.29, 0.717) is 5.92 Å². The monoisotopic (exact) mass is 261 g/mol. The zero-order valence-electron chi connectivity index (χ0n) is 12.8. The number of benzene rings is 1. The molecular weight excluding hydrogens is 230 g/mol. The van der Waals surface area contributed by atoms with E-state index in [2.05, 4.69) is 49.6 Å². The van der Waals surface area contributed by atoms with E-state index < -0.39 is 0 Å². The van der Waals surface area contributed by atoms with Crippen LogP contribution < -0.4 is 5.32 Å². The predicted octanol–water partition coefficient (Wildman–Crippen LogP) is 5.13. The maximum Gasteiger partial charge on any atom is 0.00171 e. The largest absolute Gasteiger partial charge is 0.319 e. The summed E-state index contributed by atoms with van der Waals surface area (Å²) >= 11 is 0. The zero-order chi connectivity index (χ0) is 13.8. The van der Waals surface area contributed by atoms with Crippen molar-refractivity contribution >= 4 is 0 Å². The Morgan fingerprint density at radius 3 is 2.16 bits per heavy atom. The molecular formula is C18H31N. The summed E-state index contributed by atoms with van der Waals surface area (Å²) in [6, 6.07) is 11.0. The average Bonchev–Trinajstić information content (AvgIpc) is 2.46. The third-order valence-corrected chi connectivity index (χ3v) is 3.88. The first-order valence-corrected chi connectivity index (χ1v) is 8.08. The summed E-state index contributed by atoms with van der Waals surface area (Å²) in [5, 5.41) is 3.34. The molecule has 1 unspecified atom stereocenters. The van der Waals surface area contributed by atoms with Crippen molar-refractivity contribution in [3.8, 4) is 0 Å². The highest BCUT2D eigenvalue weighted by atomic mass is 14.8. The SMILES string of the molecule is CCCCCCCCCC(CNC)c1ccccc1. The number of hydrogen-bond acceptors (Lipinski definition) is 1. The van der Waals surface area contributed by atoms with Gasteiger partial charge in [0.1, 0.15) is 0 Å². The lowest BCUT2D eigenvalue weighted by Crippen LogP contribution is -2.17. The molecule has 1 nitrogen and oxygen atoms in total. The van der Waals surface area contributed by atoms with E-state index in [-0.39, 0.29) is 0 Å². The van der Waals surface area contributed by atoms with E-state index in [1.165, 1.54) is 56.9 Å². The van der Waals surface area contributed by atoms with E-state index in [1.54, 1.807) is 0 Å². The molecule has 1 rings (SSSR count). The quantitative estimate of drug-likeness (QED) is 0.544. The van der Waals surface area contributed by atoms with Gasteiger partial charge in [-0.25, -0.2) is 0 Å². The highest BCUT2D eigenvalue weighted by Gasteiger charge is 2.09. The predicted molar refractivity (Wildman–Crippen MR) is 85.7 cm³/mol. The lowest BCUT2D eigenvalue weighted by molar-refractivity contribution is 0.519. The third kappa shape index (κ3) is 7.37. The van der Waals surface area contributed by atoms with Gasteiger partial charge in [-0.1, -0.05) is 82.2 Å². The van der Waals surface area contributed by atoms with Gasteiger partial charge in [-0.2, -0.15) is 0 Å². The fourth-order valence-electron chi connectivity index (χ4n) is 2.71. The lowest BCUT2D eigenvalue weighted by atomic mass is 9.93. The molecule has 1 aromatic carbocycles. The molecule has 108 valence electrons. The van der Waals surface area contributed by atoms with E-state index in [4.69, 9.17) is 0 Å². The van der Waals surface area contributed by atoms with E-state index >= 15 is 0 Å². The second-order valence-electron chi connectivity index (χ2n) is 5.58. The van der Waals surface area contributed by atoms with Gasteiger partial charge in [-0.3, -0.25) is 0 Å². The van der Waals surface area contributed by atoms with Crippen LogP contribution in [0.5, 0.6) is 0 Å².